The van der Waals surface area contributed by atoms with Crippen molar-refractivity contribution in [2.24, 2.45) is 0 Å². The molecule has 0 bridgehead atoms. The van der Waals surface area contributed by atoms with Gasteiger partial charge >= 0.3 is 0 Å². The van der Waals surface area contributed by atoms with Crippen LogP contribution in [0.1, 0.15) is 22.3 Å². The first-order chi connectivity index (χ1) is 8.96. The van der Waals surface area contributed by atoms with E-state index in [0.717, 1.165) is 6.29 Å². The maximum absolute atomic E-state index is 11.5. The van der Waals surface area contributed by atoms with Crippen LogP contribution in [0.4, 0.5) is 5.13 Å². The molecule has 106 valence electrons. The van der Waals surface area contributed by atoms with Gasteiger partial charge in [0, 0.05) is 19.7 Å². The lowest BCUT2D eigenvalue weighted by Crippen LogP contribution is -2.47. The van der Waals surface area contributed by atoms with E-state index in [0.29, 0.717) is 22.2 Å². The molecule has 8 heteroatoms. The molecule has 0 aromatic carbocycles. The molecule has 1 aliphatic heterocycles. The fourth-order valence-electron chi connectivity index (χ4n) is 2.09. The summed E-state index contributed by atoms with van der Waals surface area (Å²) >= 11 is 1.28. The van der Waals surface area contributed by atoms with E-state index >= 15 is 0 Å². The molecule has 6 nitrogen and oxygen atoms in total. The normalized spacial score (nSPS) is 22.4. The fourth-order valence-corrected chi connectivity index (χ4v) is 4.66. The number of thiazole rings is 1. The fraction of sp³-hybridized carbons (Fsp3) is 0.636. The highest BCUT2D eigenvalue weighted by molar-refractivity contribution is 7.91. The van der Waals surface area contributed by atoms with E-state index in [1.807, 2.05) is 11.8 Å². The van der Waals surface area contributed by atoms with Crippen molar-refractivity contribution in [3.63, 3.8) is 0 Å². The molecule has 19 heavy (non-hydrogen) atoms. The Kier molecular flexibility index (Phi) is 4.22. The van der Waals surface area contributed by atoms with E-state index in [1.165, 1.54) is 11.3 Å². The minimum atomic E-state index is -2.95. The molecule has 1 aromatic heterocycles. The third kappa shape index (κ3) is 3.13. The Labute approximate surface area is 116 Å². The summed E-state index contributed by atoms with van der Waals surface area (Å²) in [7, 11) is -1.41. The first-order valence-corrected chi connectivity index (χ1v) is 8.51. The number of sulfone groups is 1. The summed E-state index contributed by atoms with van der Waals surface area (Å²) < 4.78 is 28.1. The van der Waals surface area contributed by atoms with Crippen LogP contribution in [0.3, 0.4) is 0 Å². The number of carbonyl (C=O) groups is 1. The van der Waals surface area contributed by atoms with E-state index in [4.69, 9.17) is 4.74 Å². The minimum absolute atomic E-state index is 0.125. The quantitative estimate of drug-likeness (QED) is 0.763. The molecule has 0 saturated carbocycles. The lowest BCUT2D eigenvalue weighted by Gasteiger charge is -2.32. The Balaban J connectivity index is 2.25. The van der Waals surface area contributed by atoms with E-state index < -0.39 is 9.84 Å². The van der Waals surface area contributed by atoms with Crippen LogP contribution < -0.4 is 4.90 Å². The monoisotopic (exact) mass is 304 g/mol. The Morgan fingerprint density at radius 1 is 1.58 bits per heavy atom. The molecule has 2 rings (SSSR count). The van der Waals surface area contributed by atoms with E-state index in [-0.39, 0.29) is 24.2 Å². The van der Waals surface area contributed by atoms with Gasteiger partial charge in [0.2, 0.25) is 0 Å². The predicted octanol–water partition coefficient (Wildman–Crippen LogP) is 0.725. The van der Waals surface area contributed by atoms with Gasteiger partial charge in [-0.15, -0.1) is 0 Å². The standard InChI is InChI=1S/C11H16N2O4S2/c1-8-7-19(15,16)4-3-13(8)11-12-9(6-17-2)10(5-14)18-11/h5,8H,3-4,6-7H2,1-2H3. The SMILES string of the molecule is COCc1nc(N2CCS(=O)(=O)CC2C)sc1C=O. The lowest BCUT2D eigenvalue weighted by atomic mass is 10.3. The highest BCUT2D eigenvalue weighted by atomic mass is 32.2. The molecule has 1 unspecified atom stereocenters. The first-order valence-electron chi connectivity index (χ1n) is 5.87. The van der Waals surface area contributed by atoms with Crippen LogP contribution in [0, 0.1) is 0 Å². The van der Waals surface area contributed by atoms with Gasteiger partial charge < -0.3 is 9.64 Å². The number of aldehydes is 1. The highest BCUT2D eigenvalue weighted by Gasteiger charge is 2.30. The first kappa shape index (κ1) is 14.4. The summed E-state index contributed by atoms with van der Waals surface area (Å²) in [5.41, 5.74) is 0.609. The number of rotatable bonds is 4. The molecule has 1 atom stereocenters. The number of hydrogen-bond donors (Lipinski definition) is 0. The third-order valence-electron chi connectivity index (χ3n) is 3.02. The zero-order valence-corrected chi connectivity index (χ0v) is 12.5. The summed E-state index contributed by atoms with van der Waals surface area (Å²) in [5, 5.41) is 0.691. The zero-order chi connectivity index (χ0) is 14.0. The van der Waals surface area contributed by atoms with Gasteiger partial charge in [-0.2, -0.15) is 0 Å². The van der Waals surface area contributed by atoms with Crippen LogP contribution in [0.2, 0.25) is 0 Å². The van der Waals surface area contributed by atoms with Crippen molar-refractivity contribution in [3.8, 4) is 0 Å². The van der Waals surface area contributed by atoms with Crippen molar-refractivity contribution in [1.29, 1.82) is 0 Å². The van der Waals surface area contributed by atoms with E-state index in [9.17, 15) is 13.2 Å². The minimum Gasteiger partial charge on any atom is -0.378 e. The lowest BCUT2D eigenvalue weighted by molar-refractivity contribution is 0.112. The van der Waals surface area contributed by atoms with Crippen molar-refractivity contribution in [2.75, 3.05) is 30.1 Å². The number of methoxy groups -OCH3 is 1. The number of carbonyl (C=O) groups excluding carboxylic acids is 1. The van der Waals surface area contributed by atoms with Gasteiger partial charge in [0.05, 0.1) is 28.7 Å². The van der Waals surface area contributed by atoms with Crippen molar-refractivity contribution in [3.05, 3.63) is 10.6 Å². The van der Waals surface area contributed by atoms with Crippen LogP contribution >= 0.6 is 11.3 Å². The molecule has 0 N–H and O–H groups in total. The summed E-state index contributed by atoms with van der Waals surface area (Å²) in [6, 6.07) is -0.125. The molecule has 0 amide bonds. The van der Waals surface area contributed by atoms with Crippen LogP contribution in [0.15, 0.2) is 0 Å². The number of hydrogen-bond acceptors (Lipinski definition) is 7. The summed E-state index contributed by atoms with van der Waals surface area (Å²) in [4.78, 5) is 17.9. The smallest absolute Gasteiger partial charge is 0.186 e. The Morgan fingerprint density at radius 2 is 2.32 bits per heavy atom. The number of nitrogens with zero attached hydrogens (tertiary/aromatic N) is 2. The van der Waals surface area contributed by atoms with E-state index in [2.05, 4.69) is 4.98 Å². The molecule has 0 spiro atoms. The van der Waals surface area contributed by atoms with Gasteiger partial charge in [-0.3, -0.25) is 4.79 Å². The number of anilines is 1. The molecule has 1 aromatic rings. The van der Waals surface area contributed by atoms with Gasteiger partial charge in [0.15, 0.2) is 21.3 Å². The second-order valence-corrected chi connectivity index (χ2v) is 7.75. The molecular weight excluding hydrogens is 288 g/mol. The Morgan fingerprint density at radius 3 is 2.89 bits per heavy atom. The number of aromatic nitrogens is 1. The molecule has 1 aliphatic rings. The third-order valence-corrected chi connectivity index (χ3v) is 5.88. The van der Waals surface area contributed by atoms with Gasteiger partial charge in [0.25, 0.3) is 0 Å². The molecule has 1 saturated heterocycles. The van der Waals surface area contributed by atoms with Crippen LogP contribution in [-0.2, 0) is 21.2 Å². The number of ether oxygens (including phenoxy) is 1. The van der Waals surface area contributed by atoms with Crippen molar-refractivity contribution >= 4 is 32.6 Å². The van der Waals surface area contributed by atoms with Crippen molar-refractivity contribution in [1.82, 2.24) is 4.98 Å². The second-order valence-electron chi connectivity index (χ2n) is 4.52. The molecule has 0 radical (unpaired) electrons. The Bertz CT molecular complexity index is 567. The summed E-state index contributed by atoms with van der Waals surface area (Å²) in [5.74, 6) is 0.259. The topological polar surface area (TPSA) is 76.6 Å². The molecule has 0 aliphatic carbocycles. The predicted molar refractivity (Wildman–Crippen MR) is 73.7 cm³/mol. The van der Waals surface area contributed by atoms with Gasteiger partial charge in [-0.1, -0.05) is 11.3 Å². The Hall–Kier alpha value is -0.990. The van der Waals surface area contributed by atoms with Crippen molar-refractivity contribution in [2.45, 2.75) is 19.6 Å². The maximum Gasteiger partial charge on any atom is 0.186 e. The second kappa shape index (κ2) is 5.56. The summed E-state index contributed by atoms with van der Waals surface area (Å²) in [6.45, 7) is 2.56. The summed E-state index contributed by atoms with van der Waals surface area (Å²) in [6.07, 6.45) is 0.765. The van der Waals surface area contributed by atoms with Crippen LogP contribution in [-0.4, -0.2) is 50.9 Å². The molecule has 1 fully saturated rings. The molecular formula is C11H16N2O4S2. The largest absolute Gasteiger partial charge is 0.378 e. The maximum atomic E-state index is 11.5. The van der Waals surface area contributed by atoms with Gasteiger partial charge in [0.1, 0.15) is 0 Å². The average molecular weight is 304 g/mol. The van der Waals surface area contributed by atoms with Gasteiger partial charge in [-0.25, -0.2) is 13.4 Å². The average Bonchev–Trinajstić information content (AvgIpc) is 2.71. The van der Waals surface area contributed by atoms with Crippen LogP contribution in [0.25, 0.3) is 0 Å². The van der Waals surface area contributed by atoms with Crippen LogP contribution in [0.5, 0.6) is 0 Å². The zero-order valence-electron chi connectivity index (χ0n) is 10.8. The van der Waals surface area contributed by atoms with Gasteiger partial charge in [-0.05, 0) is 6.92 Å². The molecule has 2 heterocycles. The highest BCUT2D eigenvalue weighted by Crippen LogP contribution is 2.29. The van der Waals surface area contributed by atoms with Crippen molar-refractivity contribution < 1.29 is 17.9 Å². The van der Waals surface area contributed by atoms with E-state index in [1.54, 1.807) is 7.11 Å².